The molecule has 0 spiro atoms. The molecule has 2 heterocycles. The maximum Gasteiger partial charge on any atom is 0.258 e. The van der Waals surface area contributed by atoms with Gasteiger partial charge in [-0.05, 0) is 31.4 Å². The maximum atomic E-state index is 11.9. The van der Waals surface area contributed by atoms with Crippen LogP contribution in [0.5, 0.6) is 0 Å². The number of hydrogen-bond donors (Lipinski definition) is 2. The van der Waals surface area contributed by atoms with E-state index < -0.39 is 5.60 Å². The molecule has 5 nitrogen and oxygen atoms in total. The minimum absolute atomic E-state index is 0.0789. The van der Waals surface area contributed by atoms with E-state index in [0.717, 1.165) is 19.3 Å². The topological polar surface area (TPSA) is 66.6 Å². The Bertz CT molecular complexity index is 646. The Morgan fingerprint density at radius 3 is 3.00 bits per heavy atom. The van der Waals surface area contributed by atoms with Crippen molar-refractivity contribution in [1.29, 1.82) is 0 Å². The molecular formula is C14H17N3O2. The lowest BCUT2D eigenvalue weighted by Crippen LogP contribution is -2.46. The summed E-state index contributed by atoms with van der Waals surface area (Å²) in [6.45, 7) is 1.06. The molecule has 3 rings (SSSR count). The van der Waals surface area contributed by atoms with E-state index >= 15 is 0 Å². The standard InChI is InChI=1S/C14H17N3O2/c18-13-8-11(9-15-10-14(19)5-3-6-14)16-12-4-1-2-7-17(12)13/h1-2,4,7-8,15,19H,3,5-6,9-10H2. The third-order valence-electron chi connectivity index (χ3n) is 3.67. The first-order valence-electron chi connectivity index (χ1n) is 6.57. The number of rotatable bonds is 4. The predicted octanol–water partition coefficient (Wildman–Crippen LogP) is 0.699. The summed E-state index contributed by atoms with van der Waals surface area (Å²) in [5.74, 6) is 0. The van der Waals surface area contributed by atoms with Crippen molar-refractivity contribution >= 4 is 5.65 Å². The molecule has 0 atom stereocenters. The van der Waals surface area contributed by atoms with E-state index in [1.54, 1.807) is 12.3 Å². The molecule has 1 saturated carbocycles. The van der Waals surface area contributed by atoms with E-state index in [9.17, 15) is 9.90 Å². The average molecular weight is 259 g/mol. The van der Waals surface area contributed by atoms with Gasteiger partial charge in [-0.3, -0.25) is 9.20 Å². The van der Waals surface area contributed by atoms with Crippen LogP contribution in [0.3, 0.4) is 0 Å². The van der Waals surface area contributed by atoms with Crippen LogP contribution in [0.25, 0.3) is 5.65 Å². The van der Waals surface area contributed by atoms with Crippen LogP contribution in [0.4, 0.5) is 0 Å². The lowest BCUT2D eigenvalue weighted by atomic mass is 9.80. The highest BCUT2D eigenvalue weighted by atomic mass is 16.3. The van der Waals surface area contributed by atoms with Gasteiger partial charge in [0.25, 0.3) is 5.56 Å². The van der Waals surface area contributed by atoms with Gasteiger partial charge in [0.2, 0.25) is 0 Å². The van der Waals surface area contributed by atoms with E-state index in [4.69, 9.17) is 0 Å². The molecule has 0 unspecified atom stereocenters. The zero-order valence-corrected chi connectivity index (χ0v) is 10.7. The van der Waals surface area contributed by atoms with Gasteiger partial charge in [0.1, 0.15) is 5.65 Å². The minimum Gasteiger partial charge on any atom is -0.389 e. The van der Waals surface area contributed by atoms with Gasteiger partial charge < -0.3 is 10.4 Å². The molecule has 2 aromatic heterocycles. The van der Waals surface area contributed by atoms with Crippen molar-refractivity contribution in [3.05, 3.63) is 46.5 Å². The highest BCUT2D eigenvalue weighted by molar-refractivity contribution is 5.37. The molecule has 100 valence electrons. The monoisotopic (exact) mass is 259 g/mol. The van der Waals surface area contributed by atoms with Gasteiger partial charge >= 0.3 is 0 Å². The van der Waals surface area contributed by atoms with Crippen molar-refractivity contribution in [2.45, 2.75) is 31.4 Å². The average Bonchev–Trinajstić information content (AvgIpc) is 2.37. The van der Waals surface area contributed by atoms with Gasteiger partial charge in [-0.2, -0.15) is 0 Å². The van der Waals surface area contributed by atoms with Gasteiger partial charge in [-0.1, -0.05) is 6.07 Å². The third kappa shape index (κ3) is 2.52. The van der Waals surface area contributed by atoms with Crippen LogP contribution in [0.2, 0.25) is 0 Å². The second kappa shape index (κ2) is 4.75. The normalized spacial score (nSPS) is 17.3. The molecule has 0 aliphatic heterocycles. The summed E-state index contributed by atoms with van der Waals surface area (Å²) in [5.41, 5.74) is 0.726. The molecule has 2 N–H and O–H groups in total. The number of aliphatic hydroxyl groups is 1. The SMILES string of the molecule is O=c1cc(CNCC2(O)CCC2)nc2ccccn12. The van der Waals surface area contributed by atoms with Crippen molar-refractivity contribution in [2.24, 2.45) is 0 Å². The Balaban J connectivity index is 1.72. The zero-order chi connectivity index (χ0) is 13.3. The first-order valence-corrected chi connectivity index (χ1v) is 6.57. The van der Waals surface area contributed by atoms with E-state index in [1.165, 1.54) is 10.5 Å². The molecule has 1 aliphatic carbocycles. The lowest BCUT2D eigenvalue weighted by Gasteiger charge is -2.36. The van der Waals surface area contributed by atoms with Crippen LogP contribution < -0.4 is 10.9 Å². The summed E-state index contributed by atoms with van der Waals surface area (Å²) in [4.78, 5) is 16.3. The Labute approximate surface area is 110 Å². The molecule has 1 aliphatic rings. The van der Waals surface area contributed by atoms with Gasteiger partial charge in [-0.15, -0.1) is 0 Å². The molecule has 2 aromatic rings. The molecule has 0 bridgehead atoms. The number of pyridine rings is 1. The number of hydrogen-bond acceptors (Lipinski definition) is 4. The first-order chi connectivity index (χ1) is 9.16. The van der Waals surface area contributed by atoms with Crippen LogP contribution in [-0.2, 0) is 6.54 Å². The third-order valence-corrected chi connectivity index (χ3v) is 3.67. The number of nitrogens with zero attached hydrogens (tertiary/aromatic N) is 2. The second-order valence-electron chi connectivity index (χ2n) is 5.20. The predicted molar refractivity (Wildman–Crippen MR) is 72.0 cm³/mol. The van der Waals surface area contributed by atoms with E-state index in [2.05, 4.69) is 10.3 Å². The van der Waals surface area contributed by atoms with Gasteiger partial charge in [0.05, 0.1) is 11.3 Å². The van der Waals surface area contributed by atoms with Crippen molar-refractivity contribution in [3.8, 4) is 0 Å². The molecule has 0 radical (unpaired) electrons. The number of aromatic nitrogens is 2. The largest absolute Gasteiger partial charge is 0.389 e. The van der Waals surface area contributed by atoms with Crippen molar-refractivity contribution in [3.63, 3.8) is 0 Å². The van der Waals surface area contributed by atoms with Gasteiger partial charge in [0.15, 0.2) is 0 Å². The van der Waals surface area contributed by atoms with Crippen LogP contribution in [-0.4, -0.2) is 26.6 Å². The fraction of sp³-hybridized carbons (Fsp3) is 0.429. The Kier molecular flexibility index (Phi) is 3.08. The first kappa shape index (κ1) is 12.3. The molecule has 0 aromatic carbocycles. The van der Waals surface area contributed by atoms with Crippen molar-refractivity contribution in [1.82, 2.24) is 14.7 Å². The highest BCUT2D eigenvalue weighted by Crippen LogP contribution is 2.30. The van der Waals surface area contributed by atoms with Gasteiger partial charge in [-0.25, -0.2) is 4.98 Å². The van der Waals surface area contributed by atoms with Crippen LogP contribution >= 0.6 is 0 Å². The van der Waals surface area contributed by atoms with Crippen molar-refractivity contribution in [2.75, 3.05) is 6.54 Å². The summed E-state index contributed by atoms with van der Waals surface area (Å²) >= 11 is 0. The summed E-state index contributed by atoms with van der Waals surface area (Å²) in [5, 5.41) is 13.1. The molecule has 5 heteroatoms. The summed E-state index contributed by atoms with van der Waals surface area (Å²) in [7, 11) is 0. The van der Waals surface area contributed by atoms with E-state index in [1.807, 2.05) is 12.1 Å². The molecule has 19 heavy (non-hydrogen) atoms. The number of fused-ring (bicyclic) bond motifs is 1. The quantitative estimate of drug-likeness (QED) is 0.848. The fourth-order valence-corrected chi connectivity index (χ4v) is 2.38. The maximum absolute atomic E-state index is 11.9. The second-order valence-corrected chi connectivity index (χ2v) is 5.20. The lowest BCUT2D eigenvalue weighted by molar-refractivity contribution is -0.0315. The Morgan fingerprint density at radius 2 is 2.26 bits per heavy atom. The summed E-state index contributed by atoms with van der Waals surface area (Å²) in [6, 6.07) is 7.01. The van der Waals surface area contributed by atoms with Gasteiger partial charge in [0, 0.05) is 25.4 Å². The summed E-state index contributed by atoms with van der Waals surface area (Å²) < 4.78 is 1.52. The molecule has 0 saturated heterocycles. The Hall–Kier alpha value is -1.72. The molecule has 0 amide bonds. The van der Waals surface area contributed by atoms with Crippen LogP contribution in [0.15, 0.2) is 35.3 Å². The van der Waals surface area contributed by atoms with Crippen LogP contribution in [0.1, 0.15) is 25.0 Å². The smallest absolute Gasteiger partial charge is 0.258 e. The highest BCUT2D eigenvalue weighted by Gasteiger charge is 2.33. The Morgan fingerprint density at radius 1 is 1.42 bits per heavy atom. The van der Waals surface area contributed by atoms with E-state index in [0.29, 0.717) is 24.4 Å². The molecule has 1 fully saturated rings. The number of nitrogens with one attached hydrogen (secondary N) is 1. The fourth-order valence-electron chi connectivity index (χ4n) is 2.38. The van der Waals surface area contributed by atoms with E-state index in [-0.39, 0.29) is 5.56 Å². The van der Waals surface area contributed by atoms with Crippen LogP contribution in [0, 0.1) is 0 Å². The summed E-state index contributed by atoms with van der Waals surface area (Å²) in [6.07, 6.45) is 4.51. The van der Waals surface area contributed by atoms with Crippen molar-refractivity contribution < 1.29 is 5.11 Å². The molecular weight excluding hydrogens is 242 g/mol. The zero-order valence-electron chi connectivity index (χ0n) is 10.7. The minimum atomic E-state index is -0.550.